The fourth-order valence-electron chi connectivity index (χ4n) is 4.73. The number of esters is 1. The molecule has 2 N–H and O–H groups in total. The van der Waals surface area contributed by atoms with E-state index in [2.05, 4.69) is 34.5 Å². The van der Waals surface area contributed by atoms with Crippen LogP contribution in [0.25, 0.3) is 0 Å². The van der Waals surface area contributed by atoms with Crippen LogP contribution in [0.3, 0.4) is 0 Å². The van der Waals surface area contributed by atoms with Gasteiger partial charge in [-0.3, -0.25) is 9.59 Å². The van der Waals surface area contributed by atoms with Crippen molar-refractivity contribution in [2.24, 2.45) is 11.8 Å². The Morgan fingerprint density at radius 3 is 2.68 bits per heavy atom. The lowest BCUT2D eigenvalue weighted by molar-refractivity contribution is -0.757. The average molecular weight is 655 g/mol. The van der Waals surface area contributed by atoms with E-state index < -0.39 is 23.0 Å². The molecule has 0 radical (unpaired) electrons. The molecular formula is C31H43ClN2O9S. The molecule has 0 aliphatic heterocycles. The van der Waals surface area contributed by atoms with Crippen molar-refractivity contribution in [2.75, 3.05) is 25.6 Å². The second kappa shape index (κ2) is 21.6. The summed E-state index contributed by atoms with van der Waals surface area (Å²) in [5.74, 6) is 0.189. The molecule has 0 heterocycles. The fourth-order valence-corrected chi connectivity index (χ4v) is 5.77. The van der Waals surface area contributed by atoms with Crippen molar-refractivity contribution in [1.29, 1.82) is 0 Å². The maximum atomic E-state index is 12.4. The van der Waals surface area contributed by atoms with E-state index >= 15 is 0 Å². The Morgan fingerprint density at radius 1 is 1.14 bits per heavy atom. The topological polar surface area (TPSA) is 154 Å². The Hall–Kier alpha value is -3.09. The standard InChI is InChI=1S/C31H43ClN2O9S/c1-23(35)33-28(31(38)42-19-8-9-20-43-34(39)40)22-44-30(37)15-5-3-2-4-11-24-16-17-29(36)27(24)14-6-7-18-41-26-13-10-12-25(32)21-26/h2,4,6,10,12-14,21,24,27-29,36H,3,5,7-9,11,15-20,22H2,1H3,(H,33,35)/b4-2-,14-6+/t24-,27?,28?,29?/m0/s1. The van der Waals surface area contributed by atoms with Crippen LogP contribution in [0.2, 0.25) is 5.02 Å². The minimum Gasteiger partial charge on any atom is -0.493 e. The van der Waals surface area contributed by atoms with Gasteiger partial charge in [-0.2, -0.15) is 0 Å². The highest BCUT2D eigenvalue weighted by Gasteiger charge is 2.32. The second-order valence-electron chi connectivity index (χ2n) is 10.5. The second-order valence-corrected chi connectivity index (χ2v) is 12.0. The lowest BCUT2D eigenvalue weighted by Crippen LogP contribution is -2.43. The van der Waals surface area contributed by atoms with Crippen LogP contribution in [0.15, 0.2) is 48.6 Å². The Kier molecular flexibility index (Phi) is 18.2. The van der Waals surface area contributed by atoms with E-state index in [1.807, 2.05) is 12.1 Å². The van der Waals surface area contributed by atoms with Crippen LogP contribution in [0.1, 0.15) is 64.7 Å². The third kappa shape index (κ3) is 16.1. The van der Waals surface area contributed by atoms with Crippen molar-refractivity contribution in [3.8, 4) is 5.75 Å². The number of ether oxygens (including phenoxy) is 2. The number of aliphatic hydroxyl groups excluding tert-OH is 1. The lowest BCUT2D eigenvalue weighted by Gasteiger charge is -2.17. The number of nitrogens with zero attached hydrogens (tertiary/aromatic N) is 1. The molecule has 13 heteroatoms. The zero-order valence-electron chi connectivity index (χ0n) is 25.1. The molecule has 44 heavy (non-hydrogen) atoms. The first-order valence-corrected chi connectivity index (χ1v) is 16.3. The fraction of sp³-hybridized carbons (Fsp3) is 0.581. The van der Waals surface area contributed by atoms with Gasteiger partial charge in [-0.25, -0.2) is 4.79 Å². The van der Waals surface area contributed by atoms with E-state index in [0.29, 0.717) is 43.2 Å². The Balaban J connectivity index is 1.63. The summed E-state index contributed by atoms with van der Waals surface area (Å²) >= 11 is 6.95. The van der Waals surface area contributed by atoms with E-state index in [-0.39, 0.29) is 36.1 Å². The zero-order valence-corrected chi connectivity index (χ0v) is 26.6. The highest BCUT2D eigenvalue weighted by Crippen LogP contribution is 2.36. The van der Waals surface area contributed by atoms with Gasteiger partial charge in [0.1, 0.15) is 11.8 Å². The summed E-state index contributed by atoms with van der Waals surface area (Å²) in [6.45, 7) is 1.74. The van der Waals surface area contributed by atoms with E-state index in [1.165, 1.54) is 6.92 Å². The lowest BCUT2D eigenvalue weighted by atomic mass is 9.91. The van der Waals surface area contributed by atoms with Gasteiger partial charge in [0.05, 0.1) is 25.9 Å². The van der Waals surface area contributed by atoms with E-state index in [0.717, 1.165) is 49.6 Å². The molecule has 1 aliphatic carbocycles. The summed E-state index contributed by atoms with van der Waals surface area (Å²) < 4.78 is 10.9. The number of carbonyl (C=O) groups is 3. The zero-order chi connectivity index (χ0) is 32.2. The number of allylic oxidation sites excluding steroid dienone is 2. The molecule has 11 nitrogen and oxygen atoms in total. The highest BCUT2D eigenvalue weighted by atomic mass is 35.5. The molecule has 4 atom stereocenters. The van der Waals surface area contributed by atoms with Gasteiger partial charge in [0.2, 0.25) is 5.91 Å². The molecule has 0 bridgehead atoms. The highest BCUT2D eigenvalue weighted by molar-refractivity contribution is 8.13. The van der Waals surface area contributed by atoms with E-state index in [4.69, 9.17) is 21.1 Å². The van der Waals surface area contributed by atoms with Gasteiger partial charge >= 0.3 is 5.97 Å². The van der Waals surface area contributed by atoms with Crippen LogP contribution in [-0.4, -0.2) is 64.9 Å². The van der Waals surface area contributed by atoms with Gasteiger partial charge in [-0.1, -0.05) is 53.7 Å². The third-order valence-corrected chi connectivity index (χ3v) is 8.20. The number of hydrogen-bond donors (Lipinski definition) is 2. The van der Waals surface area contributed by atoms with Crippen LogP contribution >= 0.6 is 23.4 Å². The summed E-state index contributed by atoms with van der Waals surface area (Å²) in [5, 5.41) is 22.8. The molecule has 0 spiro atoms. The predicted molar refractivity (Wildman–Crippen MR) is 169 cm³/mol. The van der Waals surface area contributed by atoms with Crippen molar-refractivity contribution in [2.45, 2.75) is 76.9 Å². The monoisotopic (exact) mass is 654 g/mol. The average Bonchev–Trinajstić information content (AvgIpc) is 3.32. The Labute approximate surface area is 267 Å². The maximum Gasteiger partial charge on any atom is 0.329 e. The van der Waals surface area contributed by atoms with Crippen LogP contribution in [0.4, 0.5) is 0 Å². The minimum absolute atomic E-state index is 0.0254. The summed E-state index contributed by atoms with van der Waals surface area (Å²) in [5.41, 5.74) is 0. The largest absolute Gasteiger partial charge is 0.493 e. The predicted octanol–water partition coefficient (Wildman–Crippen LogP) is 5.47. The van der Waals surface area contributed by atoms with Crippen LogP contribution in [0.5, 0.6) is 5.75 Å². The molecule has 2 rings (SSSR count). The van der Waals surface area contributed by atoms with Crippen molar-refractivity contribution < 1.29 is 38.9 Å². The van der Waals surface area contributed by atoms with E-state index in [9.17, 15) is 29.6 Å². The van der Waals surface area contributed by atoms with Crippen LogP contribution in [-0.2, 0) is 24.0 Å². The van der Waals surface area contributed by atoms with Gasteiger partial charge < -0.3 is 24.7 Å². The summed E-state index contributed by atoms with van der Waals surface area (Å²) in [4.78, 5) is 50.5. The van der Waals surface area contributed by atoms with Crippen molar-refractivity contribution >= 4 is 40.4 Å². The first-order valence-electron chi connectivity index (χ1n) is 14.9. The number of hydrogen-bond acceptors (Lipinski definition) is 10. The number of aliphatic hydroxyl groups is 1. The number of nitrogens with one attached hydrogen (secondary N) is 1. The molecule has 244 valence electrons. The molecule has 1 aliphatic rings. The number of unbranched alkanes of at least 4 members (excludes halogenated alkanes) is 2. The number of carbonyl (C=O) groups excluding carboxylic acids is 3. The molecule has 1 amide bonds. The number of benzene rings is 1. The number of halogens is 1. The van der Waals surface area contributed by atoms with Gasteiger partial charge in [-0.15, -0.1) is 10.1 Å². The van der Waals surface area contributed by atoms with Crippen molar-refractivity contribution in [3.63, 3.8) is 0 Å². The third-order valence-electron chi connectivity index (χ3n) is 6.94. The SMILES string of the molecule is CC(=O)NC(CSC(=O)CCC/C=C\C[C@H]1CCC(O)C1/C=C/CCOc1cccc(Cl)c1)C(=O)OCCCCO[N+](=O)[O-]. The van der Waals surface area contributed by atoms with Gasteiger partial charge in [0.25, 0.3) is 5.09 Å². The molecular weight excluding hydrogens is 612 g/mol. The van der Waals surface area contributed by atoms with Gasteiger partial charge in [0.15, 0.2) is 5.12 Å². The number of amides is 1. The first kappa shape index (κ1) is 37.1. The summed E-state index contributed by atoms with van der Waals surface area (Å²) in [6.07, 6.45) is 13.8. The first-order chi connectivity index (χ1) is 21.2. The molecule has 0 saturated heterocycles. The van der Waals surface area contributed by atoms with Crippen LogP contribution in [0, 0.1) is 22.0 Å². The Bertz CT molecular complexity index is 1120. The molecule has 0 aromatic heterocycles. The normalized spacial score (nSPS) is 18.8. The molecule has 1 fully saturated rings. The smallest absolute Gasteiger partial charge is 0.329 e. The van der Waals surface area contributed by atoms with Crippen LogP contribution < -0.4 is 10.1 Å². The number of thioether (sulfide) groups is 1. The number of rotatable bonds is 21. The quantitative estimate of drug-likeness (QED) is 0.0574. The Morgan fingerprint density at radius 2 is 1.93 bits per heavy atom. The van der Waals surface area contributed by atoms with Crippen molar-refractivity contribution in [3.05, 3.63) is 63.7 Å². The molecule has 1 aromatic carbocycles. The maximum absolute atomic E-state index is 12.4. The van der Waals surface area contributed by atoms with Gasteiger partial charge in [-0.05, 0) is 75.5 Å². The summed E-state index contributed by atoms with van der Waals surface area (Å²) in [7, 11) is 0. The molecule has 1 aromatic rings. The molecule has 1 saturated carbocycles. The minimum atomic E-state index is -0.962. The summed E-state index contributed by atoms with van der Waals surface area (Å²) in [6, 6.07) is 6.33. The molecule has 3 unspecified atom stereocenters. The van der Waals surface area contributed by atoms with E-state index in [1.54, 1.807) is 12.1 Å². The van der Waals surface area contributed by atoms with Crippen molar-refractivity contribution in [1.82, 2.24) is 5.32 Å². The van der Waals surface area contributed by atoms with Gasteiger partial charge in [0, 0.05) is 30.0 Å².